The van der Waals surface area contributed by atoms with Gasteiger partial charge < -0.3 is 5.11 Å². The number of halogens is 1. The Labute approximate surface area is 126 Å². The van der Waals surface area contributed by atoms with Crippen molar-refractivity contribution in [1.82, 2.24) is 4.72 Å². The molecular weight excluding hydrogens is 381 g/mol. The van der Waals surface area contributed by atoms with E-state index >= 15 is 0 Å². The van der Waals surface area contributed by atoms with Crippen LogP contribution in [-0.4, -0.2) is 26.0 Å². The molecular formula is C12H16INO4S. The van der Waals surface area contributed by atoms with Crippen molar-refractivity contribution in [2.75, 3.05) is 6.54 Å². The first-order chi connectivity index (χ1) is 8.88. The fourth-order valence-electron chi connectivity index (χ4n) is 1.50. The van der Waals surface area contributed by atoms with Crippen LogP contribution in [0.25, 0.3) is 0 Å². The second-order valence-electron chi connectivity index (χ2n) is 4.05. The average molecular weight is 397 g/mol. The highest BCUT2D eigenvalue weighted by molar-refractivity contribution is 14.1. The van der Waals surface area contributed by atoms with Crippen LogP contribution in [0.3, 0.4) is 0 Å². The van der Waals surface area contributed by atoms with E-state index < -0.39 is 16.0 Å². The van der Waals surface area contributed by atoms with Crippen molar-refractivity contribution in [2.24, 2.45) is 0 Å². The monoisotopic (exact) mass is 397 g/mol. The second kappa shape index (κ2) is 7.20. The van der Waals surface area contributed by atoms with Crippen molar-refractivity contribution in [3.63, 3.8) is 0 Å². The number of rotatable bonds is 7. The van der Waals surface area contributed by atoms with Gasteiger partial charge in [0, 0.05) is 10.1 Å². The lowest BCUT2D eigenvalue weighted by atomic mass is 10.2. The summed E-state index contributed by atoms with van der Waals surface area (Å²) in [6.45, 7) is 2.40. The van der Waals surface area contributed by atoms with E-state index in [2.05, 4.69) is 4.72 Å². The van der Waals surface area contributed by atoms with Gasteiger partial charge in [-0.25, -0.2) is 17.9 Å². The molecule has 7 heteroatoms. The first kappa shape index (κ1) is 16.4. The molecule has 1 aromatic carbocycles. The molecule has 0 radical (unpaired) electrons. The molecule has 19 heavy (non-hydrogen) atoms. The van der Waals surface area contributed by atoms with Gasteiger partial charge in [0.15, 0.2) is 0 Å². The Bertz CT molecular complexity index is 557. The van der Waals surface area contributed by atoms with Gasteiger partial charge in [0.25, 0.3) is 0 Å². The molecule has 0 heterocycles. The van der Waals surface area contributed by atoms with Gasteiger partial charge in [0.1, 0.15) is 0 Å². The van der Waals surface area contributed by atoms with Crippen molar-refractivity contribution in [2.45, 2.75) is 31.1 Å². The molecule has 0 spiro atoms. The predicted octanol–water partition coefficient (Wildman–Crippen LogP) is 2.46. The Morgan fingerprint density at radius 3 is 2.63 bits per heavy atom. The van der Waals surface area contributed by atoms with Crippen LogP contribution in [0.15, 0.2) is 23.1 Å². The van der Waals surface area contributed by atoms with Gasteiger partial charge in [0.2, 0.25) is 10.0 Å². The van der Waals surface area contributed by atoms with Crippen LogP contribution >= 0.6 is 22.6 Å². The van der Waals surface area contributed by atoms with Crippen molar-refractivity contribution in [1.29, 1.82) is 0 Å². The number of unbranched alkanes of at least 4 members (excludes halogenated alkanes) is 2. The topological polar surface area (TPSA) is 83.5 Å². The van der Waals surface area contributed by atoms with Gasteiger partial charge >= 0.3 is 5.97 Å². The van der Waals surface area contributed by atoms with Gasteiger partial charge in [-0.1, -0.05) is 19.8 Å². The minimum absolute atomic E-state index is 0.00275. The number of carboxylic acid groups (broad SMARTS) is 1. The van der Waals surface area contributed by atoms with Crippen LogP contribution < -0.4 is 4.72 Å². The number of hydrogen-bond acceptors (Lipinski definition) is 3. The van der Waals surface area contributed by atoms with Crippen molar-refractivity contribution in [3.05, 3.63) is 27.3 Å². The van der Waals surface area contributed by atoms with E-state index in [0.29, 0.717) is 10.1 Å². The van der Waals surface area contributed by atoms with Crippen LogP contribution in [0.2, 0.25) is 0 Å². The lowest BCUT2D eigenvalue weighted by Crippen LogP contribution is -2.25. The Kier molecular flexibility index (Phi) is 6.21. The number of aromatic carboxylic acids is 1. The smallest absolute Gasteiger partial charge is 0.336 e. The number of benzene rings is 1. The van der Waals surface area contributed by atoms with Gasteiger partial charge in [0.05, 0.1) is 10.5 Å². The summed E-state index contributed by atoms with van der Waals surface area (Å²) in [6, 6.07) is 4.09. The van der Waals surface area contributed by atoms with Gasteiger partial charge in [-0.3, -0.25) is 0 Å². The highest BCUT2D eigenvalue weighted by Crippen LogP contribution is 2.18. The SMILES string of the molecule is CCCCCNS(=O)(=O)c1ccc(I)c(C(=O)O)c1. The van der Waals surface area contributed by atoms with Gasteiger partial charge in [-0.05, 0) is 47.2 Å². The molecule has 2 N–H and O–H groups in total. The van der Waals surface area contributed by atoms with Crippen molar-refractivity contribution < 1.29 is 18.3 Å². The number of nitrogens with one attached hydrogen (secondary N) is 1. The molecule has 0 aliphatic rings. The summed E-state index contributed by atoms with van der Waals surface area (Å²) >= 11 is 1.86. The largest absolute Gasteiger partial charge is 0.478 e. The summed E-state index contributed by atoms with van der Waals surface area (Å²) in [7, 11) is -3.63. The average Bonchev–Trinajstić information content (AvgIpc) is 2.34. The van der Waals surface area contributed by atoms with Gasteiger partial charge in [-0.15, -0.1) is 0 Å². The molecule has 0 atom stereocenters. The molecule has 0 aliphatic carbocycles. The third-order valence-electron chi connectivity index (χ3n) is 2.55. The molecule has 0 fully saturated rings. The first-order valence-corrected chi connectivity index (χ1v) is 8.47. The quantitative estimate of drug-likeness (QED) is 0.547. The lowest BCUT2D eigenvalue weighted by Gasteiger charge is -2.08. The summed E-state index contributed by atoms with van der Waals surface area (Å²) < 4.78 is 26.9. The Balaban J connectivity index is 2.89. The minimum Gasteiger partial charge on any atom is -0.478 e. The third-order valence-corrected chi connectivity index (χ3v) is 4.95. The molecule has 0 bridgehead atoms. The maximum atomic E-state index is 12.0. The van der Waals surface area contributed by atoms with E-state index in [4.69, 9.17) is 5.11 Å². The highest BCUT2D eigenvalue weighted by atomic mass is 127. The summed E-state index contributed by atoms with van der Waals surface area (Å²) in [5.41, 5.74) is -0.00275. The maximum absolute atomic E-state index is 12.0. The molecule has 106 valence electrons. The molecule has 0 aliphatic heterocycles. The van der Waals surface area contributed by atoms with E-state index in [-0.39, 0.29) is 10.5 Å². The third kappa shape index (κ3) is 4.73. The van der Waals surface area contributed by atoms with Crippen LogP contribution in [0.1, 0.15) is 36.5 Å². The minimum atomic E-state index is -3.63. The molecule has 1 aromatic rings. The molecule has 0 aromatic heterocycles. The number of carboxylic acids is 1. The van der Waals surface area contributed by atoms with E-state index in [1.165, 1.54) is 18.2 Å². The molecule has 5 nitrogen and oxygen atoms in total. The normalized spacial score (nSPS) is 11.5. The Hall–Kier alpha value is -0.670. The van der Waals surface area contributed by atoms with E-state index in [9.17, 15) is 13.2 Å². The predicted molar refractivity (Wildman–Crippen MR) is 80.8 cm³/mol. The molecule has 0 saturated heterocycles. The van der Waals surface area contributed by atoms with Crippen molar-refractivity contribution >= 4 is 38.6 Å². The molecule has 1 rings (SSSR count). The lowest BCUT2D eigenvalue weighted by molar-refractivity contribution is 0.0695. The van der Waals surface area contributed by atoms with Gasteiger partial charge in [-0.2, -0.15) is 0 Å². The van der Waals surface area contributed by atoms with Crippen LogP contribution in [-0.2, 0) is 10.0 Å². The summed E-state index contributed by atoms with van der Waals surface area (Å²) in [5, 5.41) is 8.98. The molecule has 0 amide bonds. The Morgan fingerprint density at radius 1 is 1.37 bits per heavy atom. The van der Waals surface area contributed by atoms with Crippen LogP contribution in [0, 0.1) is 3.57 Å². The van der Waals surface area contributed by atoms with E-state index in [1.54, 1.807) is 0 Å². The Morgan fingerprint density at radius 2 is 2.05 bits per heavy atom. The zero-order valence-corrected chi connectivity index (χ0v) is 13.5. The van der Waals surface area contributed by atoms with E-state index in [0.717, 1.165) is 19.3 Å². The number of carbonyl (C=O) groups is 1. The molecule has 0 unspecified atom stereocenters. The maximum Gasteiger partial charge on any atom is 0.336 e. The van der Waals surface area contributed by atoms with Crippen LogP contribution in [0.4, 0.5) is 0 Å². The fourth-order valence-corrected chi connectivity index (χ4v) is 3.17. The zero-order valence-electron chi connectivity index (χ0n) is 10.5. The number of hydrogen-bond donors (Lipinski definition) is 2. The summed E-state index contributed by atoms with van der Waals surface area (Å²) in [6.07, 6.45) is 2.73. The van der Waals surface area contributed by atoms with Crippen molar-refractivity contribution in [3.8, 4) is 0 Å². The van der Waals surface area contributed by atoms with Crippen LogP contribution in [0.5, 0.6) is 0 Å². The highest BCUT2D eigenvalue weighted by Gasteiger charge is 2.17. The summed E-state index contributed by atoms with van der Waals surface area (Å²) in [5.74, 6) is -1.13. The number of sulfonamides is 1. The molecule has 0 saturated carbocycles. The fraction of sp³-hybridized carbons (Fsp3) is 0.417. The summed E-state index contributed by atoms with van der Waals surface area (Å²) in [4.78, 5) is 11.0. The zero-order chi connectivity index (χ0) is 14.5. The second-order valence-corrected chi connectivity index (χ2v) is 6.98. The first-order valence-electron chi connectivity index (χ1n) is 5.91. The van der Waals surface area contributed by atoms with E-state index in [1.807, 2.05) is 29.5 Å². The standard InChI is InChI=1S/C12H16INO4S/c1-2-3-4-7-14-19(17,18)9-5-6-11(13)10(8-9)12(15)16/h5-6,8,14H,2-4,7H2,1H3,(H,15,16).